The number of hydrogen-bond acceptors (Lipinski definition) is 7. The molecule has 8 rings (SSSR count). The molecule has 1 N–H and O–H groups in total. The van der Waals surface area contributed by atoms with Gasteiger partial charge in [0.05, 0.1) is 17.3 Å². The van der Waals surface area contributed by atoms with E-state index in [1.54, 1.807) is 23.6 Å². The highest BCUT2D eigenvalue weighted by Crippen LogP contribution is 2.62. The molecule has 5 aliphatic rings. The van der Waals surface area contributed by atoms with E-state index in [2.05, 4.69) is 21.9 Å². The summed E-state index contributed by atoms with van der Waals surface area (Å²) in [5.74, 6) is -0.812. The minimum absolute atomic E-state index is 0.0607. The van der Waals surface area contributed by atoms with Gasteiger partial charge in [-0.2, -0.15) is 8.42 Å². The number of fused-ring (bicyclic) bond motifs is 3. The van der Waals surface area contributed by atoms with Crippen LogP contribution >= 0.6 is 11.8 Å². The molecule has 5 heterocycles. The molecule has 13 heteroatoms. The van der Waals surface area contributed by atoms with Gasteiger partial charge in [0.1, 0.15) is 16.4 Å². The second-order valence-electron chi connectivity index (χ2n) is 15.1. The molecule has 276 valence electrons. The lowest BCUT2D eigenvalue weighted by molar-refractivity contribution is 0.0449. The van der Waals surface area contributed by atoms with Gasteiger partial charge >= 0.3 is 0 Å². The topological polar surface area (TPSA) is 101 Å². The zero-order valence-corrected chi connectivity index (χ0v) is 30.8. The number of likely N-dealkylation sites (tertiary alicyclic amines) is 3. The molecule has 0 radical (unpaired) electrons. The molecule has 3 fully saturated rings. The maximum absolute atomic E-state index is 14.3. The molecule has 3 saturated heterocycles. The number of amides is 2. The largest absolute Gasteiger partial charge is 0.362 e. The normalized spacial score (nSPS) is 27.2. The fourth-order valence-corrected chi connectivity index (χ4v) is 12.6. The van der Waals surface area contributed by atoms with Crippen molar-refractivity contribution in [3.63, 3.8) is 0 Å². The van der Waals surface area contributed by atoms with Gasteiger partial charge in [0.2, 0.25) is 0 Å². The van der Waals surface area contributed by atoms with Gasteiger partial charge < -0.3 is 19.6 Å². The fourth-order valence-electron chi connectivity index (χ4n) is 10.2. The van der Waals surface area contributed by atoms with Crippen molar-refractivity contribution < 1.29 is 31.3 Å². The highest BCUT2D eigenvalue weighted by Gasteiger charge is 2.71. The van der Waals surface area contributed by atoms with Crippen LogP contribution in [0.3, 0.4) is 0 Å². The highest BCUT2D eigenvalue weighted by atomic mass is 32.2. The first-order valence-electron chi connectivity index (χ1n) is 18.3. The molecule has 0 aromatic heterocycles. The second kappa shape index (κ2) is 13.4. The van der Waals surface area contributed by atoms with Crippen LogP contribution < -0.4 is 4.90 Å². The lowest BCUT2D eigenvalue weighted by atomic mass is 9.65. The first kappa shape index (κ1) is 35.5. The Morgan fingerprint density at radius 1 is 0.865 bits per heavy atom. The number of hydrogen-bond donors (Lipinski definition) is 1. The molecule has 0 spiro atoms. The number of carbonyl (C=O) groups excluding carboxylic acids is 2. The molecular weight excluding hydrogens is 707 g/mol. The van der Waals surface area contributed by atoms with Crippen molar-refractivity contribution in [2.45, 2.75) is 78.6 Å². The van der Waals surface area contributed by atoms with Gasteiger partial charge in [-0.25, -0.2) is 8.78 Å². The number of piperidine rings is 1. The van der Waals surface area contributed by atoms with Gasteiger partial charge in [0, 0.05) is 67.3 Å². The summed E-state index contributed by atoms with van der Waals surface area (Å²) in [6.07, 6.45) is 3.90. The lowest BCUT2D eigenvalue weighted by Crippen LogP contribution is -2.76. The predicted molar refractivity (Wildman–Crippen MR) is 197 cm³/mol. The van der Waals surface area contributed by atoms with E-state index in [9.17, 15) is 31.3 Å². The van der Waals surface area contributed by atoms with Crippen LogP contribution in [0.4, 0.5) is 14.5 Å². The third kappa shape index (κ3) is 5.56. The monoisotopic (exact) mass is 750 g/mol. The minimum atomic E-state index is -4.82. The van der Waals surface area contributed by atoms with Gasteiger partial charge in [0.15, 0.2) is 0 Å². The number of benzene rings is 3. The van der Waals surface area contributed by atoms with Gasteiger partial charge in [-0.15, -0.1) is 11.8 Å². The van der Waals surface area contributed by atoms with Crippen LogP contribution in [0.5, 0.6) is 0 Å². The average Bonchev–Trinajstić information content (AvgIpc) is 3.83. The molecule has 2 amide bonds. The van der Waals surface area contributed by atoms with Crippen LogP contribution in [-0.2, 0) is 10.1 Å². The summed E-state index contributed by atoms with van der Waals surface area (Å²) in [6.45, 7) is 4.85. The van der Waals surface area contributed by atoms with Crippen LogP contribution in [0, 0.1) is 11.6 Å². The van der Waals surface area contributed by atoms with Crippen LogP contribution in [0.25, 0.3) is 0 Å². The molecule has 0 aliphatic carbocycles. The number of nitrogens with zero attached hydrogens (tertiary/aromatic N) is 4. The van der Waals surface area contributed by atoms with Crippen molar-refractivity contribution in [1.82, 2.24) is 14.7 Å². The summed E-state index contributed by atoms with van der Waals surface area (Å²) in [5, 5.41) is 0. The van der Waals surface area contributed by atoms with Crippen molar-refractivity contribution in [3.05, 3.63) is 95.1 Å². The molecule has 3 aromatic carbocycles. The quantitative estimate of drug-likeness (QED) is 0.291. The summed E-state index contributed by atoms with van der Waals surface area (Å²) in [5.41, 5.74) is 1.71. The van der Waals surface area contributed by atoms with Crippen LogP contribution in [-0.4, -0.2) is 107 Å². The van der Waals surface area contributed by atoms with E-state index in [0.29, 0.717) is 64.1 Å². The van der Waals surface area contributed by atoms with E-state index in [4.69, 9.17) is 0 Å². The number of rotatable bonds is 7. The Labute approximate surface area is 308 Å². The van der Waals surface area contributed by atoms with E-state index in [1.165, 1.54) is 48.5 Å². The van der Waals surface area contributed by atoms with Crippen molar-refractivity contribution in [3.8, 4) is 0 Å². The molecule has 9 nitrogen and oxygen atoms in total. The summed E-state index contributed by atoms with van der Waals surface area (Å²) in [4.78, 5) is 36.9. The van der Waals surface area contributed by atoms with Crippen LogP contribution in [0.15, 0.2) is 71.6 Å². The second-order valence-corrected chi connectivity index (χ2v) is 18.0. The first-order chi connectivity index (χ1) is 24.9. The molecule has 1 unspecified atom stereocenters. The number of anilines is 1. The molecule has 0 bridgehead atoms. The smallest absolute Gasteiger partial charge is 0.274 e. The Balaban J connectivity index is 1.18. The number of thioether (sulfide) groups is 1. The summed E-state index contributed by atoms with van der Waals surface area (Å²) >= 11 is 1.77. The summed E-state index contributed by atoms with van der Waals surface area (Å²) < 4.78 is 66.0. The standard InChI is InChI=1S/C39H44F2N4O5S2/c1-38(52(48,49)50,34-9-4-20-44(34)37(47)27-12-16-29(41)17-13-27)39-18-22-42(24-30-6-3-19-43(30)36(46)26-10-14-28(40)15-11-26)25-32(39)31-7-2-8-33-35(31)45(39)21-5-23-51-33/h2,7-8,10-17,30,32,34H,3-6,9,18-25H2,1H3,(H,48,49,50)/t30-,32-,34-,38?,39-/m0/s1. The maximum atomic E-state index is 14.3. The van der Waals surface area contributed by atoms with Gasteiger partial charge in [-0.05, 0) is 111 Å². The van der Waals surface area contributed by atoms with Gasteiger partial charge in [-0.1, -0.05) is 12.1 Å². The Hall–Kier alpha value is -3.52. The van der Waals surface area contributed by atoms with E-state index in [-0.39, 0.29) is 29.3 Å². The first-order valence-corrected chi connectivity index (χ1v) is 20.7. The molecule has 52 heavy (non-hydrogen) atoms. The molecule has 3 aromatic rings. The van der Waals surface area contributed by atoms with Crippen molar-refractivity contribution in [2.75, 3.05) is 49.9 Å². The Bertz CT molecular complexity index is 1980. The predicted octanol–water partition coefficient (Wildman–Crippen LogP) is 6.06. The third-order valence-corrected chi connectivity index (χ3v) is 15.4. The fraction of sp³-hybridized carbons (Fsp3) is 0.487. The zero-order valence-electron chi connectivity index (χ0n) is 29.2. The molecule has 5 aliphatic heterocycles. The Morgan fingerprint density at radius 3 is 2.17 bits per heavy atom. The van der Waals surface area contributed by atoms with E-state index < -0.39 is 38.1 Å². The van der Waals surface area contributed by atoms with E-state index in [0.717, 1.165) is 41.2 Å². The van der Waals surface area contributed by atoms with Crippen molar-refractivity contribution in [1.29, 1.82) is 0 Å². The summed E-state index contributed by atoms with van der Waals surface area (Å²) in [6, 6.07) is 16.3. The zero-order chi connectivity index (χ0) is 36.4. The van der Waals surface area contributed by atoms with Crippen LogP contribution in [0.1, 0.15) is 77.6 Å². The lowest BCUT2D eigenvalue weighted by Gasteiger charge is -2.59. The van der Waals surface area contributed by atoms with E-state index >= 15 is 0 Å². The van der Waals surface area contributed by atoms with Crippen LogP contribution in [0.2, 0.25) is 0 Å². The van der Waals surface area contributed by atoms with Crippen molar-refractivity contribution >= 4 is 39.4 Å². The minimum Gasteiger partial charge on any atom is -0.362 e. The molecule has 0 saturated carbocycles. The SMILES string of the molecule is CC([C@@H]1CCCN1C(=O)c1ccc(F)cc1)([C@]12CCN(C[C@@H]3CCCN3C(=O)c3ccc(F)cc3)C[C@H]1c1cccc3c1N2CCCS3)S(=O)(=O)O. The number of halogens is 2. The molecule has 5 atom stereocenters. The van der Waals surface area contributed by atoms with Gasteiger partial charge in [0.25, 0.3) is 21.9 Å². The Morgan fingerprint density at radius 2 is 1.50 bits per heavy atom. The summed E-state index contributed by atoms with van der Waals surface area (Å²) in [7, 11) is -4.82. The highest BCUT2D eigenvalue weighted by molar-refractivity contribution is 7.99. The average molecular weight is 751 g/mol. The number of carbonyl (C=O) groups is 2. The van der Waals surface area contributed by atoms with Gasteiger partial charge in [-0.3, -0.25) is 14.1 Å². The number of para-hydroxylation sites is 1. The maximum Gasteiger partial charge on any atom is 0.274 e. The van der Waals surface area contributed by atoms with Crippen molar-refractivity contribution in [2.24, 2.45) is 0 Å². The van der Waals surface area contributed by atoms with E-state index in [1.807, 2.05) is 11.0 Å². The Kier molecular flexibility index (Phi) is 9.15. The third-order valence-electron chi connectivity index (χ3n) is 12.6. The molecular formula is C39H44F2N4O5S2.